The van der Waals surface area contributed by atoms with Crippen LogP contribution in [0.4, 0.5) is 4.79 Å². The highest BCUT2D eigenvalue weighted by atomic mass is 16.6. The molecule has 1 N–H and O–H groups in total. The van der Waals surface area contributed by atoms with Gasteiger partial charge in [-0.15, -0.1) is 0 Å². The van der Waals surface area contributed by atoms with E-state index in [0.29, 0.717) is 12.3 Å². The Bertz CT molecular complexity index is 275. The summed E-state index contributed by atoms with van der Waals surface area (Å²) in [4.78, 5) is 11.4. The smallest absolute Gasteiger partial charge is 0.407 e. The van der Waals surface area contributed by atoms with Crippen molar-refractivity contribution in [3.63, 3.8) is 0 Å². The van der Waals surface area contributed by atoms with Gasteiger partial charge in [0.25, 0.3) is 0 Å². The largest absolute Gasteiger partial charge is 0.444 e. The first-order valence-corrected chi connectivity index (χ1v) is 5.29. The van der Waals surface area contributed by atoms with Crippen LogP contribution >= 0.6 is 0 Å². The molecule has 0 bridgehead atoms. The minimum Gasteiger partial charge on any atom is -0.444 e. The molecule has 15 heavy (non-hydrogen) atoms. The molecule has 1 fully saturated rings. The van der Waals surface area contributed by atoms with Gasteiger partial charge < -0.3 is 10.1 Å². The van der Waals surface area contributed by atoms with Crippen LogP contribution in [0.3, 0.4) is 0 Å². The lowest BCUT2D eigenvalue weighted by molar-refractivity contribution is 0.0439. The van der Waals surface area contributed by atoms with Crippen LogP contribution in [0.1, 0.15) is 40.0 Å². The topological polar surface area (TPSA) is 62.1 Å². The molecule has 0 aromatic rings. The van der Waals surface area contributed by atoms with Crippen LogP contribution < -0.4 is 5.32 Å². The first-order chi connectivity index (χ1) is 6.92. The normalized spacial score (nSPS) is 24.9. The van der Waals surface area contributed by atoms with E-state index in [1.165, 1.54) is 0 Å². The van der Waals surface area contributed by atoms with E-state index in [2.05, 4.69) is 11.4 Å². The van der Waals surface area contributed by atoms with Crippen molar-refractivity contribution in [1.29, 1.82) is 5.26 Å². The first-order valence-electron chi connectivity index (χ1n) is 5.29. The highest BCUT2D eigenvalue weighted by Gasteiger charge is 2.32. The second-order valence-corrected chi connectivity index (χ2v) is 4.95. The van der Waals surface area contributed by atoms with E-state index in [9.17, 15) is 4.79 Å². The summed E-state index contributed by atoms with van der Waals surface area (Å²) in [6, 6.07) is 2.25. The van der Waals surface area contributed by atoms with E-state index in [4.69, 9.17) is 10.00 Å². The number of alkyl carbamates (subject to hydrolysis) is 1. The van der Waals surface area contributed by atoms with Crippen molar-refractivity contribution in [3.05, 3.63) is 0 Å². The molecule has 1 amide bonds. The van der Waals surface area contributed by atoms with Gasteiger partial charge in [-0.05, 0) is 39.5 Å². The predicted octanol–water partition coefficient (Wildman–Crippen LogP) is 2.20. The summed E-state index contributed by atoms with van der Waals surface area (Å²) in [7, 11) is 0. The zero-order chi connectivity index (χ0) is 11.5. The lowest BCUT2D eigenvalue weighted by Crippen LogP contribution is -2.48. The third-order valence-corrected chi connectivity index (χ3v) is 2.47. The number of carbonyl (C=O) groups excluding carboxylic acids is 1. The van der Waals surface area contributed by atoms with E-state index in [0.717, 1.165) is 12.8 Å². The van der Waals surface area contributed by atoms with Gasteiger partial charge in [0, 0.05) is 12.5 Å². The number of hydrogen-bond donors (Lipinski definition) is 1. The maximum atomic E-state index is 11.4. The van der Waals surface area contributed by atoms with Gasteiger partial charge in [-0.25, -0.2) is 4.79 Å². The number of hydrogen-bond acceptors (Lipinski definition) is 3. The molecule has 0 radical (unpaired) electrons. The van der Waals surface area contributed by atoms with Gasteiger partial charge in [0.1, 0.15) is 5.60 Å². The minimum absolute atomic E-state index is 0.125. The molecule has 0 aromatic heterocycles. The van der Waals surface area contributed by atoms with Crippen molar-refractivity contribution < 1.29 is 9.53 Å². The fourth-order valence-electron chi connectivity index (χ4n) is 1.58. The Labute approximate surface area is 90.6 Å². The van der Waals surface area contributed by atoms with Crippen molar-refractivity contribution in [1.82, 2.24) is 5.32 Å². The number of nitrogens with zero attached hydrogens (tertiary/aromatic N) is 1. The Morgan fingerprint density at radius 3 is 2.60 bits per heavy atom. The number of amides is 1. The number of nitrogens with one attached hydrogen (secondary N) is 1. The van der Waals surface area contributed by atoms with Gasteiger partial charge in [0.2, 0.25) is 0 Å². The molecule has 4 heteroatoms. The lowest BCUT2D eigenvalue weighted by atomic mass is 9.78. The summed E-state index contributed by atoms with van der Waals surface area (Å²) in [5.74, 6) is 0.308. The second-order valence-electron chi connectivity index (χ2n) is 4.95. The molecular formula is C11H18N2O2. The van der Waals surface area contributed by atoms with E-state index >= 15 is 0 Å². The predicted molar refractivity (Wildman–Crippen MR) is 56.1 cm³/mol. The van der Waals surface area contributed by atoms with Crippen molar-refractivity contribution in [3.8, 4) is 6.07 Å². The Morgan fingerprint density at radius 1 is 1.53 bits per heavy atom. The fourth-order valence-corrected chi connectivity index (χ4v) is 1.58. The highest BCUT2D eigenvalue weighted by Crippen LogP contribution is 2.30. The van der Waals surface area contributed by atoms with Crippen LogP contribution in [0, 0.1) is 17.2 Å². The summed E-state index contributed by atoms with van der Waals surface area (Å²) < 4.78 is 5.14. The number of ether oxygens (including phenoxy) is 1. The average molecular weight is 210 g/mol. The Hall–Kier alpha value is -1.24. The molecule has 1 saturated carbocycles. The molecular weight excluding hydrogens is 192 g/mol. The Kier molecular flexibility index (Phi) is 3.57. The molecule has 0 spiro atoms. The molecule has 4 nitrogen and oxygen atoms in total. The van der Waals surface area contributed by atoms with E-state index in [1.54, 1.807) is 0 Å². The van der Waals surface area contributed by atoms with Gasteiger partial charge in [-0.1, -0.05) is 0 Å². The maximum absolute atomic E-state index is 11.4. The van der Waals surface area contributed by atoms with Gasteiger partial charge in [-0.2, -0.15) is 5.26 Å². The molecule has 0 unspecified atom stereocenters. The summed E-state index contributed by atoms with van der Waals surface area (Å²) in [5, 5.41) is 11.3. The van der Waals surface area contributed by atoms with Crippen molar-refractivity contribution >= 4 is 6.09 Å². The first kappa shape index (κ1) is 11.8. The molecule has 0 heterocycles. The molecule has 1 aliphatic carbocycles. The van der Waals surface area contributed by atoms with E-state index in [1.807, 2.05) is 20.8 Å². The quantitative estimate of drug-likeness (QED) is 0.760. The monoisotopic (exact) mass is 210 g/mol. The zero-order valence-corrected chi connectivity index (χ0v) is 9.54. The van der Waals surface area contributed by atoms with Crippen LogP contribution in [0.2, 0.25) is 0 Å². The Balaban J connectivity index is 2.30. The van der Waals surface area contributed by atoms with Crippen LogP contribution in [0.25, 0.3) is 0 Å². The maximum Gasteiger partial charge on any atom is 0.407 e. The van der Waals surface area contributed by atoms with Crippen LogP contribution in [-0.4, -0.2) is 17.7 Å². The number of carbonyl (C=O) groups is 1. The van der Waals surface area contributed by atoms with Crippen LogP contribution in [0.5, 0.6) is 0 Å². The number of nitriles is 1. The van der Waals surface area contributed by atoms with Gasteiger partial charge in [-0.3, -0.25) is 0 Å². The highest BCUT2D eigenvalue weighted by molar-refractivity contribution is 5.68. The van der Waals surface area contributed by atoms with Gasteiger partial charge in [0.15, 0.2) is 0 Å². The van der Waals surface area contributed by atoms with Crippen molar-refractivity contribution in [2.75, 3.05) is 0 Å². The molecule has 0 aliphatic heterocycles. The molecule has 0 saturated heterocycles. The van der Waals surface area contributed by atoms with Gasteiger partial charge in [0.05, 0.1) is 6.07 Å². The van der Waals surface area contributed by atoms with Crippen molar-refractivity contribution in [2.24, 2.45) is 5.92 Å². The molecule has 84 valence electrons. The molecule has 0 aromatic carbocycles. The summed E-state index contributed by atoms with van der Waals surface area (Å²) in [5.41, 5.74) is -0.460. The van der Waals surface area contributed by atoms with E-state index < -0.39 is 5.60 Å². The molecule has 1 aliphatic rings. The summed E-state index contributed by atoms with van der Waals surface area (Å²) >= 11 is 0. The van der Waals surface area contributed by atoms with Crippen LogP contribution in [-0.2, 0) is 4.74 Å². The zero-order valence-electron chi connectivity index (χ0n) is 9.54. The summed E-state index contributed by atoms with van der Waals surface area (Å²) in [6.45, 7) is 5.50. The number of rotatable bonds is 2. The molecule has 2 atom stereocenters. The fraction of sp³-hybridized carbons (Fsp3) is 0.818. The minimum atomic E-state index is -0.460. The van der Waals surface area contributed by atoms with Crippen molar-refractivity contribution in [2.45, 2.75) is 51.7 Å². The average Bonchev–Trinajstić information content (AvgIpc) is 2.06. The summed E-state index contributed by atoms with van der Waals surface area (Å²) in [6.07, 6.45) is 2.11. The second kappa shape index (κ2) is 4.52. The Morgan fingerprint density at radius 2 is 2.20 bits per heavy atom. The SMILES string of the molecule is CC(C)(C)OC(=O)N[C@H]1CC[C@H]1CC#N. The lowest BCUT2D eigenvalue weighted by Gasteiger charge is -2.36. The standard InChI is InChI=1S/C11H18N2O2/c1-11(2,3)15-10(14)13-9-5-4-8(9)6-7-12/h8-9H,4-6H2,1-3H3,(H,13,14)/t8-,9-/m0/s1. The van der Waals surface area contributed by atoms with Gasteiger partial charge >= 0.3 is 6.09 Å². The third-order valence-electron chi connectivity index (χ3n) is 2.47. The van der Waals surface area contributed by atoms with Crippen LogP contribution in [0.15, 0.2) is 0 Å². The van der Waals surface area contributed by atoms with E-state index in [-0.39, 0.29) is 12.1 Å². The molecule has 1 rings (SSSR count). The third kappa shape index (κ3) is 3.78.